The Hall–Kier alpha value is -5.62. The molecule has 6 aromatic rings. The maximum atomic E-state index is 14.6. The van der Waals surface area contributed by atoms with Crippen LogP contribution in [0.3, 0.4) is 0 Å². The number of anilines is 1. The number of benzene rings is 4. The van der Waals surface area contributed by atoms with Crippen LogP contribution >= 0.6 is 0 Å². The average molecular weight is 686 g/mol. The highest BCUT2D eigenvalue weighted by Gasteiger charge is 2.55. The molecule has 1 saturated heterocycles. The third kappa shape index (κ3) is 5.59. The van der Waals surface area contributed by atoms with Crippen LogP contribution in [-0.4, -0.2) is 52.6 Å². The summed E-state index contributed by atoms with van der Waals surface area (Å²) in [6.07, 6.45) is -1.10. The molecule has 10 nitrogen and oxygen atoms in total. The topological polar surface area (TPSA) is 116 Å². The molecule has 2 fully saturated rings. The normalized spacial score (nSPS) is 21.5. The largest absolute Gasteiger partial charge is 0.497 e. The standard InChI is InChI=1S/C40H36FN5O5/c1-24-31(22-49-40(26-10-6-4-7-11-26,27-12-8-5-9-13-27)28-16-20-30(48-3)21-17-28)34-35(51-38(50-34)25-14-18-29(47-2)19-15-25)33(24)46-23-43-32-36(42)44-39(41)45-37(32)46/h4-21,23,31,33-35,38H,1,22H2,2-3H3,(H2,42,44,45)/t31-,33+,34+,35-,38+/m0/s1. The molecule has 11 heteroatoms. The van der Waals surface area contributed by atoms with Crippen molar-refractivity contribution in [1.29, 1.82) is 0 Å². The number of ether oxygens (including phenoxy) is 5. The molecule has 4 aromatic carbocycles. The van der Waals surface area contributed by atoms with Crippen LogP contribution in [-0.2, 0) is 19.8 Å². The molecular weight excluding hydrogens is 649 g/mol. The highest BCUT2D eigenvalue weighted by Crippen LogP contribution is 2.52. The summed E-state index contributed by atoms with van der Waals surface area (Å²) in [6.45, 7) is 4.78. The fourth-order valence-electron chi connectivity index (χ4n) is 7.40. The van der Waals surface area contributed by atoms with Crippen LogP contribution in [0.1, 0.15) is 34.6 Å². The number of nitrogens with zero attached hydrogens (tertiary/aromatic N) is 4. The van der Waals surface area contributed by atoms with E-state index in [1.165, 1.54) is 0 Å². The third-order valence-corrected chi connectivity index (χ3v) is 9.89. The van der Waals surface area contributed by atoms with E-state index in [0.717, 1.165) is 39.3 Å². The predicted octanol–water partition coefficient (Wildman–Crippen LogP) is 6.78. The molecule has 2 aromatic heterocycles. The monoisotopic (exact) mass is 685 g/mol. The molecule has 0 spiro atoms. The quantitative estimate of drug-likeness (QED) is 0.0946. The van der Waals surface area contributed by atoms with Crippen molar-refractivity contribution in [3.63, 3.8) is 0 Å². The van der Waals surface area contributed by atoms with Gasteiger partial charge in [0.05, 0.1) is 39.3 Å². The van der Waals surface area contributed by atoms with E-state index in [9.17, 15) is 4.39 Å². The Balaban J connectivity index is 1.22. The van der Waals surface area contributed by atoms with Crippen molar-refractivity contribution in [3.05, 3.63) is 156 Å². The molecule has 1 aliphatic carbocycles. The van der Waals surface area contributed by atoms with Crippen LogP contribution < -0.4 is 15.2 Å². The van der Waals surface area contributed by atoms with Crippen molar-refractivity contribution in [1.82, 2.24) is 19.5 Å². The van der Waals surface area contributed by atoms with E-state index < -0.39 is 36.2 Å². The summed E-state index contributed by atoms with van der Waals surface area (Å²) in [7, 11) is 3.26. The Morgan fingerprint density at radius 2 is 1.35 bits per heavy atom. The highest BCUT2D eigenvalue weighted by molar-refractivity contribution is 5.81. The Morgan fingerprint density at radius 3 is 1.96 bits per heavy atom. The van der Waals surface area contributed by atoms with Crippen molar-refractivity contribution in [2.24, 2.45) is 5.92 Å². The van der Waals surface area contributed by atoms with Crippen LogP contribution in [0.15, 0.2) is 128 Å². The number of halogens is 1. The second kappa shape index (κ2) is 13.3. The highest BCUT2D eigenvalue weighted by atomic mass is 19.1. The first-order valence-corrected chi connectivity index (χ1v) is 16.6. The van der Waals surface area contributed by atoms with Crippen LogP contribution in [0.5, 0.6) is 11.5 Å². The second-order valence-corrected chi connectivity index (χ2v) is 12.6. The molecule has 3 heterocycles. The lowest BCUT2D eigenvalue weighted by Gasteiger charge is -2.37. The van der Waals surface area contributed by atoms with Crippen molar-refractivity contribution in [3.8, 4) is 11.5 Å². The lowest BCUT2D eigenvalue weighted by atomic mass is 9.80. The van der Waals surface area contributed by atoms with E-state index in [1.54, 1.807) is 25.1 Å². The number of hydrogen-bond acceptors (Lipinski definition) is 9. The van der Waals surface area contributed by atoms with Crippen LogP contribution in [0, 0.1) is 12.0 Å². The third-order valence-electron chi connectivity index (χ3n) is 9.89. The summed E-state index contributed by atoms with van der Waals surface area (Å²) in [4.78, 5) is 12.2. The van der Waals surface area contributed by atoms with E-state index in [0.29, 0.717) is 0 Å². The molecule has 0 amide bonds. The van der Waals surface area contributed by atoms with E-state index in [1.807, 2.05) is 84.9 Å². The van der Waals surface area contributed by atoms with Gasteiger partial charge in [-0.2, -0.15) is 14.4 Å². The molecule has 258 valence electrons. The average Bonchev–Trinajstić information content (AvgIpc) is 3.86. The van der Waals surface area contributed by atoms with Gasteiger partial charge in [0.15, 0.2) is 17.8 Å². The van der Waals surface area contributed by atoms with Gasteiger partial charge in [-0.1, -0.05) is 91.5 Å². The first-order chi connectivity index (χ1) is 24.9. The van der Waals surface area contributed by atoms with E-state index in [-0.39, 0.29) is 29.5 Å². The molecule has 1 saturated carbocycles. The van der Waals surface area contributed by atoms with Gasteiger partial charge in [-0.05, 0) is 46.5 Å². The van der Waals surface area contributed by atoms with Gasteiger partial charge < -0.3 is 34.0 Å². The lowest BCUT2D eigenvalue weighted by molar-refractivity contribution is -0.0908. The minimum atomic E-state index is -1.02. The first kappa shape index (κ1) is 32.6. The van der Waals surface area contributed by atoms with E-state index in [2.05, 4.69) is 45.8 Å². The molecular formula is C40H36FN5O5. The zero-order valence-corrected chi connectivity index (χ0v) is 28.1. The number of nitrogen functional groups attached to an aromatic ring is 1. The molecule has 51 heavy (non-hydrogen) atoms. The minimum Gasteiger partial charge on any atom is -0.497 e. The Bertz CT molecular complexity index is 2120. The summed E-state index contributed by atoms with van der Waals surface area (Å²) < 4.78 is 47.9. The van der Waals surface area contributed by atoms with Crippen molar-refractivity contribution in [2.75, 3.05) is 26.6 Å². The molecule has 5 atom stereocenters. The number of imidazole rings is 1. The number of rotatable bonds is 10. The van der Waals surface area contributed by atoms with Crippen LogP contribution in [0.25, 0.3) is 11.2 Å². The number of methoxy groups -OCH3 is 2. The lowest BCUT2D eigenvalue weighted by Crippen LogP contribution is -2.37. The Morgan fingerprint density at radius 1 is 0.784 bits per heavy atom. The van der Waals surface area contributed by atoms with E-state index >= 15 is 0 Å². The Labute approximate surface area is 294 Å². The van der Waals surface area contributed by atoms with Gasteiger partial charge in [-0.3, -0.25) is 0 Å². The summed E-state index contributed by atoms with van der Waals surface area (Å²) >= 11 is 0. The Kier molecular flexibility index (Phi) is 8.47. The van der Waals surface area contributed by atoms with Crippen molar-refractivity contribution >= 4 is 17.0 Å². The second-order valence-electron chi connectivity index (χ2n) is 12.6. The number of fused-ring (bicyclic) bond motifs is 2. The molecule has 2 aliphatic rings. The van der Waals surface area contributed by atoms with Crippen molar-refractivity contribution in [2.45, 2.75) is 30.1 Å². The minimum absolute atomic E-state index is 0.0500. The maximum Gasteiger partial charge on any atom is 0.312 e. The molecule has 0 unspecified atom stereocenters. The van der Waals surface area contributed by atoms with E-state index in [4.69, 9.17) is 29.4 Å². The zero-order chi connectivity index (χ0) is 35.1. The fraction of sp³-hybridized carbons (Fsp3) is 0.225. The summed E-state index contributed by atoms with van der Waals surface area (Å²) in [5, 5.41) is 0. The van der Waals surface area contributed by atoms with Gasteiger partial charge in [0.1, 0.15) is 28.7 Å². The molecule has 2 N–H and O–H groups in total. The van der Waals surface area contributed by atoms with Crippen molar-refractivity contribution < 1.29 is 28.1 Å². The molecule has 1 aliphatic heterocycles. The predicted molar refractivity (Wildman–Crippen MR) is 189 cm³/mol. The summed E-state index contributed by atoms with van der Waals surface area (Å²) in [5.41, 5.74) is 9.96. The maximum absolute atomic E-state index is 14.6. The fourth-order valence-corrected chi connectivity index (χ4v) is 7.40. The van der Waals surface area contributed by atoms with Crippen LogP contribution in [0.4, 0.5) is 10.2 Å². The number of hydrogen-bond donors (Lipinski definition) is 1. The molecule has 8 rings (SSSR count). The number of nitrogens with two attached hydrogens (primary N) is 1. The molecule has 0 radical (unpaired) electrons. The SMILES string of the molecule is C=C1[C@@H](n2cnc3c(N)nc(F)nc32)[C@@H]2O[C@H](c3ccc(OC)cc3)O[C@@H]2[C@H]1COC(c1ccccc1)(c1ccccc1)c1ccc(OC)cc1. The summed E-state index contributed by atoms with van der Waals surface area (Å²) in [6, 6.07) is 35.2. The van der Waals surface area contributed by atoms with Gasteiger partial charge in [-0.25, -0.2) is 4.98 Å². The van der Waals surface area contributed by atoms with Gasteiger partial charge in [-0.15, -0.1) is 0 Å². The first-order valence-electron chi connectivity index (χ1n) is 16.6. The van der Waals surface area contributed by atoms with Gasteiger partial charge in [0, 0.05) is 11.5 Å². The molecule has 0 bridgehead atoms. The van der Waals surface area contributed by atoms with Gasteiger partial charge >= 0.3 is 6.08 Å². The zero-order valence-electron chi connectivity index (χ0n) is 28.1. The summed E-state index contributed by atoms with van der Waals surface area (Å²) in [5.74, 6) is 1.04. The van der Waals surface area contributed by atoms with Gasteiger partial charge in [0.2, 0.25) is 0 Å². The van der Waals surface area contributed by atoms with Crippen LogP contribution in [0.2, 0.25) is 0 Å². The number of aromatic nitrogens is 4. The smallest absolute Gasteiger partial charge is 0.312 e. The van der Waals surface area contributed by atoms with Gasteiger partial charge in [0.25, 0.3) is 0 Å².